The quantitative estimate of drug-likeness (QED) is 0.839. The maximum atomic E-state index is 3.61. The van der Waals surface area contributed by atoms with Gasteiger partial charge in [0.25, 0.3) is 0 Å². The topological polar surface area (TPSA) is 15.3 Å². The van der Waals surface area contributed by atoms with Crippen LogP contribution in [0.15, 0.2) is 18.2 Å². The highest BCUT2D eigenvalue weighted by molar-refractivity contribution is 5.60. The molecule has 1 aromatic rings. The molecule has 0 saturated carbocycles. The van der Waals surface area contributed by atoms with Gasteiger partial charge in [-0.15, -0.1) is 0 Å². The molecule has 2 aliphatic heterocycles. The van der Waals surface area contributed by atoms with E-state index < -0.39 is 0 Å². The van der Waals surface area contributed by atoms with E-state index in [1.165, 1.54) is 49.2 Å². The number of hydrogen-bond acceptors (Lipinski definition) is 2. The van der Waals surface area contributed by atoms with E-state index in [2.05, 4.69) is 35.3 Å². The van der Waals surface area contributed by atoms with Crippen molar-refractivity contribution in [3.05, 3.63) is 29.3 Å². The molecule has 3 rings (SSSR count). The van der Waals surface area contributed by atoms with Crippen LogP contribution in [0.2, 0.25) is 0 Å². The summed E-state index contributed by atoms with van der Waals surface area (Å²) in [6.07, 6.45) is 5.16. The summed E-state index contributed by atoms with van der Waals surface area (Å²) >= 11 is 0. The number of rotatable bonds is 2. The zero-order valence-corrected chi connectivity index (χ0v) is 10.7. The molecule has 0 radical (unpaired) electrons. The van der Waals surface area contributed by atoms with Gasteiger partial charge in [-0.2, -0.15) is 0 Å². The molecule has 2 nitrogen and oxygen atoms in total. The largest absolute Gasteiger partial charge is 0.384 e. The molecular weight excluding hydrogens is 208 g/mol. The number of fused-ring (bicyclic) bond motifs is 1. The number of nitrogens with one attached hydrogen (secondary N) is 1. The van der Waals surface area contributed by atoms with Crippen molar-refractivity contribution in [3.8, 4) is 0 Å². The fourth-order valence-corrected chi connectivity index (χ4v) is 3.33. The van der Waals surface area contributed by atoms with Gasteiger partial charge in [-0.25, -0.2) is 0 Å². The van der Waals surface area contributed by atoms with Crippen LogP contribution in [0.4, 0.5) is 5.69 Å². The van der Waals surface area contributed by atoms with Crippen LogP contribution in [0.25, 0.3) is 0 Å². The van der Waals surface area contributed by atoms with Gasteiger partial charge in [-0.05, 0) is 49.9 Å². The number of hydrogen-bond donors (Lipinski definition) is 1. The van der Waals surface area contributed by atoms with Crippen LogP contribution >= 0.6 is 0 Å². The molecule has 1 atom stereocenters. The summed E-state index contributed by atoms with van der Waals surface area (Å²) in [5.41, 5.74) is 4.45. The summed E-state index contributed by atoms with van der Waals surface area (Å²) in [7, 11) is 0. The van der Waals surface area contributed by atoms with E-state index in [-0.39, 0.29) is 0 Å². The molecule has 92 valence electrons. The lowest BCUT2D eigenvalue weighted by atomic mass is 9.93. The van der Waals surface area contributed by atoms with Crippen LogP contribution in [0.3, 0.4) is 0 Å². The summed E-state index contributed by atoms with van der Waals surface area (Å²) in [4.78, 5) is 2.68. The number of benzene rings is 1. The highest BCUT2D eigenvalue weighted by atomic mass is 15.2. The normalized spacial score (nSPS) is 24.4. The molecule has 1 unspecified atom stereocenters. The lowest BCUT2D eigenvalue weighted by molar-refractivity contribution is 0.234. The van der Waals surface area contributed by atoms with Crippen molar-refractivity contribution in [2.24, 2.45) is 0 Å². The molecule has 2 heteroatoms. The Balaban J connectivity index is 1.95. The van der Waals surface area contributed by atoms with Crippen molar-refractivity contribution in [3.63, 3.8) is 0 Å². The van der Waals surface area contributed by atoms with Crippen LogP contribution in [0, 0.1) is 0 Å². The van der Waals surface area contributed by atoms with E-state index >= 15 is 0 Å². The lowest BCUT2D eigenvalue weighted by Gasteiger charge is -2.34. The van der Waals surface area contributed by atoms with Crippen LogP contribution in [0.1, 0.15) is 43.4 Å². The summed E-state index contributed by atoms with van der Waals surface area (Å²) in [6.45, 7) is 5.96. The van der Waals surface area contributed by atoms with E-state index in [4.69, 9.17) is 0 Å². The Morgan fingerprint density at radius 2 is 2.12 bits per heavy atom. The van der Waals surface area contributed by atoms with Crippen molar-refractivity contribution in [1.82, 2.24) is 4.90 Å². The highest BCUT2D eigenvalue weighted by Gasteiger charge is 2.28. The predicted molar refractivity (Wildman–Crippen MR) is 72.5 cm³/mol. The van der Waals surface area contributed by atoms with Gasteiger partial charge >= 0.3 is 0 Å². The fourth-order valence-electron chi connectivity index (χ4n) is 3.33. The number of aryl methyl sites for hydroxylation is 1. The number of anilines is 1. The Labute approximate surface area is 104 Å². The van der Waals surface area contributed by atoms with Crippen LogP contribution < -0.4 is 5.32 Å². The molecule has 1 saturated heterocycles. The summed E-state index contributed by atoms with van der Waals surface area (Å²) < 4.78 is 0. The van der Waals surface area contributed by atoms with Crippen molar-refractivity contribution in [1.29, 1.82) is 0 Å². The van der Waals surface area contributed by atoms with Gasteiger partial charge in [0.2, 0.25) is 0 Å². The SMILES string of the molecule is CCc1cccc2c1NCCC2N1CCCC1. The molecular formula is C15H22N2. The zero-order valence-electron chi connectivity index (χ0n) is 10.7. The minimum atomic E-state index is 0.667. The molecule has 1 aromatic carbocycles. The van der Waals surface area contributed by atoms with Gasteiger partial charge < -0.3 is 5.32 Å². The smallest absolute Gasteiger partial charge is 0.0421 e. The second-order valence-corrected chi connectivity index (χ2v) is 5.21. The predicted octanol–water partition coefficient (Wildman–Crippen LogP) is 3.20. The summed E-state index contributed by atoms with van der Waals surface area (Å²) in [5.74, 6) is 0. The fraction of sp³-hybridized carbons (Fsp3) is 0.600. The third-order valence-electron chi connectivity index (χ3n) is 4.22. The van der Waals surface area contributed by atoms with E-state index in [1.807, 2.05) is 0 Å². The van der Waals surface area contributed by atoms with Gasteiger partial charge in [0.15, 0.2) is 0 Å². The first-order valence-corrected chi connectivity index (χ1v) is 7.00. The van der Waals surface area contributed by atoms with Crippen molar-refractivity contribution in [2.45, 2.75) is 38.6 Å². The first-order valence-electron chi connectivity index (χ1n) is 7.00. The van der Waals surface area contributed by atoms with Gasteiger partial charge in [0.05, 0.1) is 0 Å². The molecule has 1 N–H and O–H groups in total. The molecule has 2 heterocycles. The molecule has 0 spiro atoms. The summed E-state index contributed by atoms with van der Waals surface area (Å²) in [5, 5.41) is 3.61. The van der Waals surface area contributed by atoms with E-state index in [0.717, 1.165) is 13.0 Å². The van der Waals surface area contributed by atoms with E-state index in [0.29, 0.717) is 6.04 Å². The third kappa shape index (κ3) is 1.95. The van der Waals surface area contributed by atoms with Gasteiger partial charge in [-0.3, -0.25) is 4.90 Å². The van der Waals surface area contributed by atoms with Gasteiger partial charge in [-0.1, -0.05) is 25.1 Å². The van der Waals surface area contributed by atoms with Crippen molar-refractivity contribution < 1.29 is 0 Å². The maximum Gasteiger partial charge on any atom is 0.0421 e. The molecule has 2 aliphatic rings. The monoisotopic (exact) mass is 230 g/mol. The van der Waals surface area contributed by atoms with Gasteiger partial charge in [0.1, 0.15) is 0 Å². The van der Waals surface area contributed by atoms with Gasteiger partial charge in [0, 0.05) is 18.3 Å². The molecule has 0 aliphatic carbocycles. The molecule has 17 heavy (non-hydrogen) atoms. The Hall–Kier alpha value is -1.02. The van der Waals surface area contributed by atoms with Crippen LogP contribution in [-0.4, -0.2) is 24.5 Å². The molecule has 0 aromatic heterocycles. The Morgan fingerprint density at radius 3 is 2.88 bits per heavy atom. The standard InChI is InChI=1S/C15H22N2/c1-2-12-6-5-7-13-14(8-9-16-15(12)13)17-10-3-4-11-17/h5-7,14,16H,2-4,8-11H2,1H3. The Bertz CT molecular complexity index is 394. The maximum absolute atomic E-state index is 3.61. The van der Waals surface area contributed by atoms with Crippen LogP contribution in [0.5, 0.6) is 0 Å². The number of para-hydroxylation sites is 1. The number of likely N-dealkylation sites (tertiary alicyclic amines) is 1. The minimum absolute atomic E-state index is 0.667. The van der Waals surface area contributed by atoms with Crippen molar-refractivity contribution in [2.75, 3.05) is 25.0 Å². The zero-order chi connectivity index (χ0) is 11.7. The lowest BCUT2D eigenvalue weighted by Crippen LogP contribution is -2.31. The average Bonchev–Trinajstić information content (AvgIpc) is 2.91. The Kier molecular flexibility index (Phi) is 3.06. The first kappa shape index (κ1) is 11.1. The molecule has 1 fully saturated rings. The molecule has 0 amide bonds. The second-order valence-electron chi connectivity index (χ2n) is 5.21. The van der Waals surface area contributed by atoms with E-state index in [1.54, 1.807) is 0 Å². The molecule has 0 bridgehead atoms. The van der Waals surface area contributed by atoms with E-state index in [9.17, 15) is 0 Å². The van der Waals surface area contributed by atoms with Crippen LogP contribution in [-0.2, 0) is 6.42 Å². The Morgan fingerprint density at radius 1 is 1.29 bits per heavy atom. The highest BCUT2D eigenvalue weighted by Crippen LogP contribution is 2.37. The third-order valence-corrected chi connectivity index (χ3v) is 4.22. The summed E-state index contributed by atoms with van der Waals surface area (Å²) in [6, 6.07) is 7.48. The minimum Gasteiger partial charge on any atom is -0.384 e. The van der Waals surface area contributed by atoms with Crippen molar-refractivity contribution >= 4 is 5.69 Å². The average molecular weight is 230 g/mol. The second kappa shape index (κ2) is 4.69. The first-order chi connectivity index (χ1) is 8.40. The number of nitrogens with zero attached hydrogens (tertiary/aromatic N) is 1.